The van der Waals surface area contributed by atoms with Crippen LogP contribution < -0.4 is 4.74 Å². The molecule has 1 amide bonds. The molecule has 0 radical (unpaired) electrons. The average Bonchev–Trinajstić information content (AvgIpc) is 2.63. The Morgan fingerprint density at radius 3 is 2.81 bits per heavy atom. The number of fused-ring (bicyclic) bond motifs is 1. The van der Waals surface area contributed by atoms with Gasteiger partial charge in [0.25, 0.3) is 0 Å². The topological polar surface area (TPSA) is 62.2 Å². The van der Waals surface area contributed by atoms with Gasteiger partial charge in [-0.25, -0.2) is 4.39 Å². The zero-order valence-electron chi connectivity index (χ0n) is 15.4. The van der Waals surface area contributed by atoms with Crippen LogP contribution in [0.3, 0.4) is 0 Å². The molecule has 1 N–H and O–H groups in total. The van der Waals surface area contributed by atoms with Gasteiger partial charge in [-0.05, 0) is 31.0 Å². The van der Waals surface area contributed by atoms with E-state index in [2.05, 4.69) is 4.90 Å². The molecule has 6 nitrogen and oxygen atoms in total. The summed E-state index contributed by atoms with van der Waals surface area (Å²) in [5, 5.41) is 11.0. The summed E-state index contributed by atoms with van der Waals surface area (Å²) in [7, 11) is 3.06. The van der Waals surface area contributed by atoms with Crippen molar-refractivity contribution in [3.05, 3.63) is 29.6 Å². The number of piperidine rings is 2. The summed E-state index contributed by atoms with van der Waals surface area (Å²) in [6.45, 7) is 2.92. The summed E-state index contributed by atoms with van der Waals surface area (Å²) < 4.78 is 24.2. The van der Waals surface area contributed by atoms with Crippen molar-refractivity contribution in [3.63, 3.8) is 0 Å². The van der Waals surface area contributed by atoms with Crippen LogP contribution in [0.1, 0.15) is 18.4 Å². The Morgan fingerprint density at radius 1 is 1.31 bits per heavy atom. The molecule has 2 atom stereocenters. The summed E-state index contributed by atoms with van der Waals surface area (Å²) in [5.74, 6) is 0.279. The van der Waals surface area contributed by atoms with E-state index in [4.69, 9.17) is 9.47 Å². The number of likely N-dealkylation sites (tertiary alicyclic amines) is 2. The molecule has 2 saturated heterocycles. The van der Waals surface area contributed by atoms with Crippen LogP contribution in [-0.2, 0) is 16.1 Å². The van der Waals surface area contributed by atoms with Crippen molar-refractivity contribution in [3.8, 4) is 5.75 Å². The zero-order valence-corrected chi connectivity index (χ0v) is 15.4. The van der Waals surface area contributed by atoms with Gasteiger partial charge in [-0.3, -0.25) is 9.69 Å². The van der Waals surface area contributed by atoms with Gasteiger partial charge in [-0.2, -0.15) is 0 Å². The third-order valence-electron chi connectivity index (χ3n) is 5.62. The molecule has 2 heterocycles. The van der Waals surface area contributed by atoms with Gasteiger partial charge in [-0.1, -0.05) is 0 Å². The molecule has 3 rings (SSSR count). The molecular weight excluding hydrogens is 339 g/mol. The highest BCUT2D eigenvalue weighted by atomic mass is 19.1. The minimum Gasteiger partial charge on any atom is -0.497 e. The van der Waals surface area contributed by atoms with E-state index in [0.717, 1.165) is 0 Å². The Balaban J connectivity index is 1.67. The number of methoxy groups -OCH3 is 2. The first-order chi connectivity index (χ1) is 12.4. The summed E-state index contributed by atoms with van der Waals surface area (Å²) in [6, 6.07) is 4.74. The number of halogens is 1. The van der Waals surface area contributed by atoms with Crippen LogP contribution in [-0.4, -0.2) is 73.4 Å². The second kappa shape index (κ2) is 7.90. The predicted octanol–water partition coefficient (Wildman–Crippen LogP) is 1.27. The fourth-order valence-corrected chi connectivity index (χ4v) is 4.00. The molecule has 26 heavy (non-hydrogen) atoms. The maximum Gasteiger partial charge on any atom is 0.248 e. The lowest BCUT2D eigenvalue weighted by molar-refractivity contribution is -0.150. The fraction of sp³-hybridized carbons (Fsp3) is 0.632. The molecule has 7 heteroatoms. The monoisotopic (exact) mass is 366 g/mol. The Labute approximate surface area is 153 Å². The molecule has 0 spiro atoms. The van der Waals surface area contributed by atoms with Crippen LogP contribution in [0.15, 0.2) is 18.2 Å². The van der Waals surface area contributed by atoms with Gasteiger partial charge in [0, 0.05) is 51.3 Å². The van der Waals surface area contributed by atoms with Crippen molar-refractivity contribution < 1.29 is 23.8 Å². The van der Waals surface area contributed by atoms with E-state index in [9.17, 15) is 14.3 Å². The van der Waals surface area contributed by atoms with Crippen LogP contribution in [0.4, 0.5) is 4.39 Å². The van der Waals surface area contributed by atoms with E-state index in [0.29, 0.717) is 56.9 Å². The maximum atomic E-state index is 14.1. The zero-order chi connectivity index (χ0) is 18.7. The van der Waals surface area contributed by atoms with Crippen molar-refractivity contribution in [2.24, 2.45) is 5.92 Å². The lowest BCUT2D eigenvalue weighted by Crippen LogP contribution is -2.60. The van der Waals surface area contributed by atoms with E-state index in [1.165, 1.54) is 13.2 Å². The third kappa shape index (κ3) is 4.00. The molecule has 2 aliphatic heterocycles. The number of nitrogens with zero attached hydrogens (tertiary/aromatic N) is 2. The minimum absolute atomic E-state index is 0.0422. The van der Waals surface area contributed by atoms with Gasteiger partial charge < -0.3 is 19.5 Å². The first-order valence-corrected chi connectivity index (χ1v) is 8.99. The Kier molecular flexibility index (Phi) is 5.79. The highest BCUT2D eigenvalue weighted by Crippen LogP contribution is 2.36. The van der Waals surface area contributed by atoms with Gasteiger partial charge in [0.2, 0.25) is 5.91 Å². The van der Waals surface area contributed by atoms with Crippen LogP contribution in [0.25, 0.3) is 0 Å². The summed E-state index contributed by atoms with van der Waals surface area (Å²) in [5.41, 5.74) is -0.161. The number of ether oxygens (including phenoxy) is 2. The van der Waals surface area contributed by atoms with Crippen LogP contribution in [0.2, 0.25) is 0 Å². The number of benzene rings is 1. The Bertz CT molecular complexity index is 656. The van der Waals surface area contributed by atoms with E-state index in [1.807, 2.05) is 0 Å². The summed E-state index contributed by atoms with van der Waals surface area (Å²) in [4.78, 5) is 16.0. The van der Waals surface area contributed by atoms with Crippen molar-refractivity contribution in [2.75, 3.05) is 47.0 Å². The SMILES string of the molecule is COCC(=O)N1CC[C@]2(O)CCN(Cc3cc(OC)ccc3F)C[C@@H]2C1. The van der Waals surface area contributed by atoms with E-state index < -0.39 is 5.60 Å². The number of carbonyl (C=O) groups excluding carboxylic acids is 1. The Morgan fingerprint density at radius 2 is 2.08 bits per heavy atom. The average molecular weight is 366 g/mol. The molecule has 2 fully saturated rings. The first-order valence-electron chi connectivity index (χ1n) is 8.99. The molecule has 0 bridgehead atoms. The fourth-order valence-electron chi connectivity index (χ4n) is 4.00. The number of aliphatic hydroxyl groups is 1. The number of rotatable bonds is 5. The summed E-state index contributed by atoms with van der Waals surface area (Å²) in [6.07, 6.45) is 1.21. The number of hydrogen-bond acceptors (Lipinski definition) is 5. The van der Waals surface area contributed by atoms with E-state index in [1.54, 1.807) is 24.1 Å². The molecule has 0 aromatic heterocycles. The molecule has 0 unspecified atom stereocenters. The van der Waals surface area contributed by atoms with Gasteiger partial charge in [0.15, 0.2) is 0 Å². The largest absolute Gasteiger partial charge is 0.497 e. The molecule has 0 aliphatic carbocycles. The Hall–Kier alpha value is -1.70. The standard InChI is InChI=1S/C19H27FN2O4/c1-25-13-18(23)22-8-6-19(24)5-7-21(11-15(19)12-22)10-14-9-16(26-2)3-4-17(14)20/h3-4,9,15,24H,5-8,10-13H2,1-2H3/t15-,19-/m1/s1. The molecule has 0 saturated carbocycles. The first kappa shape index (κ1) is 19.1. The number of carbonyl (C=O) groups is 1. The molecular formula is C19H27FN2O4. The highest BCUT2D eigenvalue weighted by molar-refractivity contribution is 5.77. The van der Waals surface area contributed by atoms with Gasteiger partial charge in [-0.15, -0.1) is 0 Å². The third-order valence-corrected chi connectivity index (χ3v) is 5.62. The van der Waals surface area contributed by atoms with Crippen molar-refractivity contribution in [2.45, 2.75) is 25.0 Å². The quantitative estimate of drug-likeness (QED) is 0.850. The molecule has 1 aromatic rings. The van der Waals surface area contributed by atoms with Gasteiger partial charge >= 0.3 is 0 Å². The second-order valence-electron chi connectivity index (χ2n) is 7.27. The van der Waals surface area contributed by atoms with Crippen molar-refractivity contribution in [1.82, 2.24) is 9.80 Å². The predicted molar refractivity (Wildman–Crippen MR) is 94.4 cm³/mol. The van der Waals surface area contributed by atoms with Gasteiger partial charge in [0.1, 0.15) is 18.2 Å². The van der Waals surface area contributed by atoms with Crippen LogP contribution in [0, 0.1) is 11.7 Å². The normalized spacial score (nSPS) is 26.5. The van der Waals surface area contributed by atoms with Crippen LogP contribution >= 0.6 is 0 Å². The maximum absolute atomic E-state index is 14.1. The smallest absolute Gasteiger partial charge is 0.248 e. The van der Waals surface area contributed by atoms with E-state index >= 15 is 0 Å². The van der Waals surface area contributed by atoms with E-state index in [-0.39, 0.29) is 24.2 Å². The highest BCUT2D eigenvalue weighted by Gasteiger charge is 2.45. The second-order valence-corrected chi connectivity index (χ2v) is 7.27. The number of amides is 1. The van der Waals surface area contributed by atoms with Crippen LogP contribution in [0.5, 0.6) is 5.75 Å². The van der Waals surface area contributed by atoms with Crippen molar-refractivity contribution >= 4 is 5.91 Å². The van der Waals surface area contributed by atoms with Crippen molar-refractivity contribution in [1.29, 1.82) is 0 Å². The molecule has 2 aliphatic rings. The van der Waals surface area contributed by atoms with Gasteiger partial charge in [0.05, 0.1) is 12.7 Å². The molecule has 144 valence electrons. The number of hydrogen-bond donors (Lipinski definition) is 1. The minimum atomic E-state index is -0.743. The summed E-state index contributed by atoms with van der Waals surface area (Å²) >= 11 is 0. The molecule has 1 aromatic carbocycles. The lowest BCUT2D eigenvalue weighted by Gasteiger charge is -2.50. The lowest BCUT2D eigenvalue weighted by atomic mass is 9.75.